The minimum atomic E-state index is -3.68. The highest BCUT2D eigenvalue weighted by atomic mass is 32.2. The van der Waals surface area contributed by atoms with Crippen molar-refractivity contribution in [3.05, 3.63) is 59.7 Å². The van der Waals surface area contributed by atoms with E-state index in [1.165, 1.54) is 23.0 Å². The summed E-state index contributed by atoms with van der Waals surface area (Å²) < 4.78 is 32.7. The maximum Gasteiger partial charge on any atom is 0.251 e. The quantitative estimate of drug-likeness (QED) is 0.569. The second-order valence-electron chi connectivity index (χ2n) is 7.81. The van der Waals surface area contributed by atoms with Gasteiger partial charge < -0.3 is 15.0 Å². The molecule has 2 aromatic rings. The van der Waals surface area contributed by atoms with Gasteiger partial charge in [0, 0.05) is 31.7 Å². The standard InChI is InChI=1S/C23H31N3O4S/c1-25(18-19-9-4-3-5-10-19)14-8-13-24-23(27)20-11-12-21(30-2)22(17-20)31(28,29)26-15-6-7-16-26/h3-5,9-12,17H,6-8,13-16,18H2,1-2H3,(H,24,27). The van der Waals surface area contributed by atoms with Crippen LogP contribution in [0.1, 0.15) is 35.2 Å². The summed E-state index contributed by atoms with van der Waals surface area (Å²) in [4.78, 5) is 14.9. The highest BCUT2D eigenvalue weighted by Gasteiger charge is 2.30. The molecule has 3 rings (SSSR count). The highest BCUT2D eigenvalue weighted by molar-refractivity contribution is 7.89. The smallest absolute Gasteiger partial charge is 0.251 e. The molecule has 1 amide bonds. The van der Waals surface area contributed by atoms with Crippen LogP contribution in [0.25, 0.3) is 0 Å². The Morgan fingerprint density at radius 2 is 1.84 bits per heavy atom. The number of ether oxygens (including phenoxy) is 1. The third-order valence-electron chi connectivity index (χ3n) is 5.41. The van der Waals surface area contributed by atoms with E-state index in [-0.39, 0.29) is 16.6 Å². The SMILES string of the molecule is COc1ccc(C(=O)NCCCN(C)Cc2ccccc2)cc1S(=O)(=O)N1CCCC1. The number of carbonyl (C=O) groups is 1. The van der Waals surface area contributed by atoms with Gasteiger partial charge in [-0.3, -0.25) is 4.79 Å². The van der Waals surface area contributed by atoms with Gasteiger partial charge in [-0.1, -0.05) is 30.3 Å². The van der Waals surface area contributed by atoms with E-state index < -0.39 is 10.0 Å². The van der Waals surface area contributed by atoms with Gasteiger partial charge in [0.2, 0.25) is 10.0 Å². The van der Waals surface area contributed by atoms with Crippen LogP contribution >= 0.6 is 0 Å². The number of benzene rings is 2. The monoisotopic (exact) mass is 445 g/mol. The molecule has 1 fully saturated rings. The van der Waals surface area contributed by atoms with Crippen LogP contribution in [0, 0.1) is 0 Å². The van der Waals surface area contributed by atoms with Crippen molar-refractivity contribution in [2.75, 3.05) is 40.3 Å². The third kappa shape index (κ3) is 6.06. The number of carbonyl (C=O) groups excluding carboxylic acids is 1. The van der Waals surface area contributed by atoms with Gasteiger partial charge in [0.15, 0.2) is 0 Å². The summed E-state index contributed by atoms with van der Waals surface area (Å²) in [6.45, 7) is 3.20. The van der Waals surface area contributed by atoms with E-state index in [4.69, 9.17) is 4.74 Å². The molecule has 0 unspecified atom stereocenters. The molecule has 0 bridgehead atoms. The minimum absolute atomic E-state index is 0.0483. The summed E-state index contributed by atoms with van der Waals surface area (Å²) in [5.74, 6) is -0.0303. The maximum absolute atomic E-state index is 13.0. The largest absolute Gasteiger partial charge is 0.495 e. The molecule has 168 valence electrons. The van der Waals surface area contributed by atoms with Gasteiger partial charge in [-0.15, -0.1) is 0 Å². The Labute approximate surface area is 185 Å². The van der Waals surface area contributed by atoms with Gasteiger partial charge in [0.05, 0.1) is 7.11 Å². The van der Waals surface area contributed by atoms with Gasteiger partial charge in [0.1, 0.15) is 10.6 Å². The second-order valence-corrected chi connectivity index (χ2v) is 9.72. The van der Waals surface area contributed by atoms with E-state index >= 15 is 0 Å². The molecule has 1 saturated heterocycles. The molecule has 0 saturated carbocycles. The lowest BCUT2D eigenvalue weighted by molar-refractivity contribution is 0.0951. The van der Waals surface area contributed by atoms with Crippen molar-refractivity contribution in [3.8, 4) is 5.75 Å². The molecule has 1 aliphatic rings. The predicted molar refractivity (Wildman–Crippen MR) is 121 cm³/mol. The Kier molecular flexibility index (Phi) is 8.06. The van der Waals surface area contributed by atoms with E-state index in [9.17, 15) is 13.2 Å². The number of rotatable bonds is 10. The zero-order valence-corrected chi connectivity index (χ0v) is 19.0. The number of nitrogens with one attached hydrogen (secondary N) is 1. The Morgan fingerprint density at radius 1 is 1.13 bits per heavy atom. The van der Waals surface area contributed by atoms with Crippen molar-refractivity contribution in [1.29, 1.82) is 0 Å². The summed E-state index contributed by atoms with van der Waals surface area (Å²) in [6, 6.07) is 14.8. The molecule has 31 heavy (non-hydrogen) atoms. The molecule has 8 heteroatoms. The van der Waals surface area contributed by atoms with Crippen LogP contribution in [0.5, 0.6) is 5.75 Å². The normalized spacial score (nSPS) is 14.7. The van der Waals surface area contributed by atoms with Gasteiger partial charge in [-0.2, -0.15) is 4.31 Å². The average molecular weight is 446 g/mol. The molecular formula is C23H31N3O4S. The molecule has 1 heterocycles. The van der Waals surface area contributed by atoms with Crippen LogP contribution in [0.3, 0.4) is 0 Å². The number of methoxy groups -OCH3 is 1. The molecular weight excluding hydrogens is 414 g/mol. The van der Waals surface area contributed by atoms with Crippen molar-refractivity contribution in [1.82, 2.24) is 14.5 Å². The van der Waals surface area contributed by atoms with Crippen molar-refractivity contribution in [2.24, 2.45) is 0 Å². The first-order chi connectivity index (χ1) is 14.9. The first-order valence-electron chi connectivity index (χ1n) is 10.6. The number of sulfonamides is 1. The zero-order valence-electron chi connectivity index (χ0n) is 18.2. The van der Waals surface area contributed by atoms with Crippen LogP contribution in [0.4, 0.5) is 0 Å². The lowest BCUT2D eigenvalue weighted by atomic mass is 10.2. The molecule has 7 nitrogen and oxygen atoms in total. The van der Waals surface area contributed by atoms with Gasteiger partial charge >= 0.3 is 0 Å². The molecule has 0 atom stereocenters. The summed E-state index contributed by atoms with van der Waals surface area (Å²) in [6.07, 6.45) is 2.49. The van der Waals surface area contributed by atoms with Gasteiger partial charge in [-0.05, 0) is 56.6 Å². The molecule has 0 spiro atoms. The first kappa shape index (κ1) is 23.2. The Balaban J connectivity index is 1.56. The van der Waals surface area contributed by atoms with Crippen molar-refractivity contribution in [2.45, 2.75) is 30.7 Å². The molecule has 1 N–H and O–H groups in total. The summed E-state index contributed by atoms with van der Waals surface area (Å²) in [5, 5.41) is 2.89. The van der Waals surface area contributed by atoms with E-state index in [0.717, 1.165) is 32.4 Å². The number of amides is 1. The van der Waals surface area contributed by atoms with Crippen LogP contribution in [0.2, 0.25) is 0 Å². The number of nitrogens with zero attached hydrogens (tertiary/aromatic N) is 2. The predicted octanol–water partition coefficient (Wildman–Crippen LogP) is 2.73. The Morgan fingerprint density at radius 3 is 2.52 bits per heavy atom. The number of hydrogen-bond donors (Lipinski definition) is 1. The van der Waals surface area contributed by atoms with Crippen LogP contribution in [-0.2, 0) is 16.6 Å². The van der Waals surface area contributed by atoms with Crippen LogP contribution < -0.4 is 10.1 Å². The highest BCUT2D eigenvalue weighted by Crippen LogP contribution is 2.29. The molecule has 0 radical (unpaired) electrons. The van der Waals surface area contributed by atoms with E-state index in [1.54, 1.807) is 12.1 Å². The number of hydrogen-bond acceptors (Lipinski definition) is 5. The van der Waals surface area contributed by atoms with Crippen molar-refractivity contribution in [3.63, 3.8) is 0 Å². The van der Waals surface area contributed by atoms with Gasteiger partial charge in [0.25, 0.3) is 5.91 Å². The summed E-state index contributed by atoms with van der Waals surface area (Å²) in [5.41, 5.74) is 1.57. The summed E-state index contributed by atoms with van der Waals surface area (Å²) in [7, 11) is -0.198. The van der Waals surface area contributed by atoms with E-state index in [2.05, 4.69) is 22.3 Å². The lowest BCUT2D eigenvalue weighted by Crippen LogP contribution is -2.30. The van der Waals surface area contributed by atoms with Crippen molar-refractivity contribution < 1.29 is 17.9 Å². The van der Waals surface area contributed by atoms with Crippen LogP contribution in [0.15, 0.2) is 53.4 Å². The molecule has 0 aromatic heterocycles. The zero-order chi connectivity index (χ0) is 22.3. The Bertz CT molecular complexity index is 974. The van der Waals surface area contributed by atoms with Crippen molar-refractivity contribution >= 4 is 15.9 Å². The van der Waals surface area contributed by atoms with E-state index in [0.29, 0.717) is 25.2 Å². The summed E-state index contributed by atoms with van der Waals surface area (Å²) >= 11 is 0. The van der Waals surface area contributed by atoms with E-state index in [1.807, 2.05) is 25.2 Å². The molecule has 1 aliphatic heterocycles. The molecule has 0 aliphatic carbocycles. The lowest BCUT2D eigenvalue weighted by Gasteiger charge is -2.18. The Hall–Kier alpha value is -2.42. The molecule has 2 aromatic carbocycles. The third-order valence-corrected chi connectivity index (χ3v) is 7.33. The fourth-order valence-electron chi connectivity index (χ4n) is 3.71. The van der Waals surface area contributed by atoms with Crippen LogP contribution in [-0.4, -0.2) is 63.9 Å². The fourth-order valence-corrected chi connectivity index (χ4v) is 5.41. The first-order valence-corrected chi connectivity index (χ1v) is 12.0. The van der Waals surface area contributed by atoms with Gasteiger partial charge in [-0.25, -0.2) is 8.42 Å². The average Bonchev–Trinajstić information content (AvgIpc) is 3.33. The fraction of sp³-hybridized carbons (Fsp3) is 0.435. The minimum Gasteiger partial charge on any atom is -0.495 e. The maximum atomic E-state index is 13.0. The topological polar surface area (TPSA) is 79.0 Å². The second kappa shape index (κ2) is 10.7.